The third-order valence-corrected chi connectivity index (χ3v) is 5.77. The first-order valence-corrected chi connectivity index (χ1v) is 10.7. The average Bonchev–Trinajstić information content (AvgIpc) is 2.85. The topological polar surface area (TPSA) is 93.7 Å². The van der Waals surface area contributed by atoms with Gasteiger partial charge in [-0.15, -0.1) is 0 Å². The lowest BCUT2D eigenvalue weighted by molar-refractivity contribution is 0.167. The quantitative estimate of drug-likeness (QED) is 0.700. The van der Waals surface area contributed by atoms with Gasteiger partial charge in [-0.05, 0) is 44.9 Å². The maximum atomic E-state index is 12.7. The maximum absolute atomic E-state index is 12.7. The number of carbonyl (C=O) groups is 1. The van der Waals surface area contributed by atoms with Crippen LogP contribution >= 0.6 is 0 Å². The van der Waals surface area contributed by atoms with Gasteiger partial charge in [0.25, 0.3) is 0 Å². The number of ether oxygens (including phenoxy) is 2. The summed E-state index contributed by atoms with van der Waals surface area (Å²) < 4.78 is 38.6. The van der Waals surface area contributed by atoms with E-state index in [4.69, 9.17) is 9.47 Å². The van der Waals surface area contributed by atoms with Crippen molar-refractivity contribution >= 4 is 21.8 Å². The van der Waals surface area contributed by atoms with Crippen LogP contribution in [-0.2, 0) is 14.8 Å². The van der Waals surface area contributed by atoms with Gasteiger partial charge in [-0.3, -0.25) is 5.32 Å². The molecule has 0 unspecified atom stereocenters. The number of nitrogens with one attached hydrogen (secondary N) is 2. The molecule has 2 rings (SSSR count). The Labute approximate surface area is 155 Å². The molecule has 1 amide bonds. The van der Waals surface area contributed by atoms with Gasteiger partial charge in [-0.1, -0.05) is 25.7 Å². The van der Waals surface area contributed by atoms with Gasteiger partial charge in [0.1, 0.15) is 5.75 Å². The summed E-state index contributed by atoms with van der Waals surface area (Å²) in [6.07, 6.45) is 5.41. The van der Waals surface area contributed by atoms with E-state index in [1.54, 1.807) is 13.0 Å². The number of hydrogen-bond acceptors (Lipinski definition) is 5. The van der Waals surface area contributed by atoms with E-state index in [0.717, 1.165) is 38.5 Å². The minimum Gasteiger partial charge on any atom is -0.492 e. The summed E-state index contributed by atoms with van der Waals surface area (Å²) in [4.78, 5) is 11.8. The molecule has 146 valence electrons. The first-order chi connectivity index (χ1) is 12.5. The summed E-state index contributed by atoms with van der Waals surface area (Å²) in [5, 5.41) is 2.54. The van der Waals surface area contributed by atoms with Crippen molar-refractivity contribution in [1.29, 1.82) is 0 Å². The van der Waals surface area contributed by atoms with Gasteiger partial charge in [-0.25, -0.2) is 17.9 Å². The van der Waals surface area contributed by atoms with Gasteiger partial charge in [0.2, 0.25) is 10.0 Å². The smallest absolute Gasteiger partial charge is 0.411 e. The van der Waals surface area contributed by atoms with Gasteiger partial charge in [-0.2, -0.15) is 0 Å². The van der Waals surface area contributed by atoms with Crippen LogP contribution in [0, 0.1) is 0 Å². The first kappa shape index (κ1) is 20.5. The van der Waals surface area contributed by atoms with E-state index >= 15 is 0 Å². The number of anilines is 1. The summed E-state index contributed by atoms with van der Waals surface area (Å²) in [6, 6.07) is 4.39. The molecule has 26 heavy (non-hydrogen) atoms. The Morgan fingerprint density at radius 3 is 2.42 bits per heavy atom. The predicted molar refractivity (Wildman–Crippen MR) is 100 cm³/mol. The summed E-state index contributed by atoms with van der Waals surface area (Å²) in [7, 11) is -3.68. The molecule has 1 aliphatic rings. The molecule has 0 aliphatic heterocycles. The fraction of sp³-hybridized carbons (Fsp3) is 0.611. The normalized spacial score (nSPS) is 15.9. The predicted octanol–water partition coefficient (Wildman–Crippen LogP) is 3.65. The van der Waals surface area contributed by atoms with Crippen LogP contribution in [-0.4, -0.2) is 33.8 Å². The molecule has 0 spiro atoms. The fourth-order valence-corrected chi connectivity index (χ4v) is 4.35. The molecule has 1 saturated carbocycles. The van der Waals surface area contributed by atoms with Gasteiger partial charge >= 0.3 is 6.09 Å². The third-order valence-electron chi connectivity index (χ3n) is 4.25. The molecular formula is C18H28N2O5S. The van der Waals surface area contributed by atoms with E-state index in [-0.39, 0.29) is 23.2 Å². The highest BCUT2D eigenvalue weighted by molar-refractivity contribution is 7.89. The molecule has 1 fully saturated rings. The first-order valence-electron chi connectivity index (χ1n) is 9.19. The molecule has 1 aromatic rings. The van der Waals surface area contributed by atoms with Crippen LogP contribution in [0.2, 0.25) is 0 Å². The Balaban J connectivity index is 2.22. The second-order valence-corrected chi connectivity index (χ2v) is 7.96. The highest BCUT2D eigenvalue weighted by atomic mass is 32.2. The van der Waals surface area contributed by atoms with E-state index in [9.17, 15) is 13.2 Å². The van der Waals surface area contributed by atoms with Gasteiger partial charge in [0.05, 0.1) is 23.8 Å². The lowest BCUT2D eigenvalue weighted by Crippen LogP contribution is -2.34. The number of rotatable bonds is 7. The second-order valence-electron chi connectivity index (χ2n) is 6.25. The van der Waals surface area contributed by atoms with E-state index in [0.29, 0.717) is 12.4 Å². The highest BCUT2D eigenvalue weighted by Gasteiger charge is 2.22. The Bertz CT molecular complexity index is 698. The van der Waals surface area contributed by atoms with Crippen LogP contribution in [0.4, 0.5) is 10.5 Å². The monoisotopic (exact) mass is 384 g/mol. The minimum atomic E-state index is -3.68. The van der Waals surface area contributed by atoms with Crippen molar-refractivity contribution < 1.29 is 22.7 Å². The van der Waals surface area contributed by atoms with Crippen molar-refractivity contribution in [1.82, 2.24) is 4.72 Å². The second kappa shape index (κ2) is 9.78. The Morgan fingerprint density at radius 1 is 1.12 bits per heavy atom. The Kier molecular flexibility index (Phi) is 7.71. The summed E-state index contributed by atoms with van der Waals surface area (Å²) in [6.45, 7) is 4.12. The van der Waals surface area contributed by atoms with Crippen LogP contribution < -0.4 is 14.8 Å². The largest absolute Gasteiger partial charge is 0.492 e. The van der Waals surface area contributed by atoms with Crippen LogP contribution in [0.1, 0.15) is 52.4 Å². The van der Waals surface area contributed by atoms with Crippen molar-refractivity contribution in [3.05, 3.63) is 18.2 Å². The lowest BCUT2D eigenvalue weighted by Gasteiger charge is -2.18. The Morgan fingerprint density at radius 2 is 1.81 bits per heavy atom. The van der Waals surface area contributed by atoms with Crippen molar-refractivity contribution in [2.24, 2.45) is 0 Å². The number of carbonyl (C=O) groups excluding carboxylic acids is 1. The van der Waals surface area contributed by atoms with Gasteiger partial charge in [0, 0.05) is 6.04 Å². The molecule has 0 heterocycles. The molecule has 0 radical (unpaired) electrons. The summed E-state index contributed by atoms with van der Waals surface area (Å²) in [5.74, 6) is 0.397. The molecule has 7 nitrogen and oxygen atoms in total. The van der Waals surface area contributed by atoms with Gasteiger partial charge in [0.15, 0.2) is 0 Å². The van der Waals surface area contributed by atoms with E-state index in [1.807, 2.05) is 6.92 Å². The zero-order chi connectivity index (χ0) is 19.0. The molecule has 2 N–H and O–H groups in total. The summed E-state index contributed by atoms with van der Waals surface area (Å²) >= 11 is 0. The third kappa shape index (κ3) is 5.88. The molecule has 1 aliphatic carbocycles. The number of amides is 1. The number of hydrogen-bond donors (Lipinski definition) is 2. The van der Waals surface area contributed by atoms with E-state index in [1.165, 1.54) is 12.1 Å². The molecule has 0 bridgehead atoms. The number of benzene rings is 1. The van der Waals surface area contributed by atoms with Crippen LogP contribution in [0.15, 0.2) is 23.1 Å². The van der Waals surface area contributed by atoms with Crippen molar-refractivity contribution in [3.63, 3.8) is 0 Å². The minimum absolute atomic E-state index is 0.0458. The number of sulfonamides is 1. The van der Waals surface area contributed by atoms with Crippen molar-refractivity contribution in [3.8, 4) is 5.75 Å². The molecule has 0 saturated heterocycles. The highest BCUT2D eigenvalue weighted by Crippen LogP contribution is 2.29. The van der Waals surface area contributed by atoms with E-state index in [2.05, 4.69) is 10.0 Å². The van der Waals surface area contributed by atoms with Gasteiger partial charge < -0.3 is 9.47 Å². The van der Waals surface area contributed by atoms with Crippen molar-refractivity contribution in [2.75, 3.05) is 18.5 Å². The average molecular weight is 384 g/mol. The molecule has 8 heteroatoms. The van der Waals surface area contributed by atoms with Crippen molar-refractivity contribution in [2.45, 2.75) is 63.3 Å². The lowest BCUT2D eigenvalue weighted by atomic mass is 10.1. The molecule has 0 atom stereocenters. The molecule has 0 aromatic heterocycles. The van der Waals surface area contributed by atoms with Crippen LogP contribution in [0.3, 0.4) is 0 Å². The molecule has 1 aromatic carbocycles. The fourth-order valence-electron chi connectivity index (χ4n) is 3.02. The van der Waals surface area contributed by atoms with Crippen LogP contribution in [0.5, 0.6) is 5.75 Å². The van der Waals surface area contributed by atoms with Crippen LogP contribution in [0.25, 0.3) is 0 Å². The van der Waals surface area contributed by atoms with E-state index < -0.39 is 16.1 Å². The maximum Gasteiger partial charge on any atom is 0.411 e. The summed E-state index contributed by atoms with van der Waals surface area (Å²) in [5.41, 5.74) is 0.272. The molecular weight excluding hydrogens is 356 g/mol. The standard InChI is InChI=1S/C18H28N2O5S/c1-3-24-17-12-11-15(13-16(17)19-18(21)25-4-2)26(22,23)20-14-9-7-5-6-8-10-14/h11-14,20H,3-10H2,1-2H3,(H,19,21). The zero-order valence-electron chi connectivity index (χ0n) is 15.4. The SMILES string of the molecule is CCOC(=O)Nc1cc(S(=O)(=O)NC2CCCCCC2)ccc1OCC. The Hall–Kier alpha value is -1.80. The zero-order valence-corrected chi connectivity index (χ0v) is 16.2.